The van der Waals surface area contributed by atoms with Crippen LogP contribution in [0.5, 0.6) is 0 Å². The molecule has 3 rings (SSSR count). The second kappa shape index (κ2) is 9.55. The van der Waals surface area contributed by atoms with Crippen molar-refractivity contribution in [3.63, 3.8) is 0 Å². The van der Waals surface area contributed by atoms with Crippen LogP contribution in [-0.4, -0.2) is 56.7 Å². The van der Waals surface area contributed by atoms with E-state index in [0.717, 1.165) is 50.8 Å². The van der Waals surface area contributed by atoms with Crippen molar-refractivity contribution in [1.82, 2.24) is 15.5 Å². The number of rotatable bonds is 4. The zero-order valence-corrected chi connectivity index (χ0v) is 17.9. The molecule has 2 aliphatic rings. The smallest absolute Gasteiger partial charge is 0.251 e. The lowest BCUT2D eigenvalue weighted by Crippen LogP contribution is -2.41. The third-order valence-corrected chi connectivity index (χ3v) is 5.11. The van der Waals surface area contributed by atoms with Gasteiger partial charge in [0.1, 0.15) is 0 Å². The number of halogens is 1. The predicted octanol–water partition coefficient (Wildman–Crippen LogP) is 2.24. The van der Waals surface area contributed by atoms with Gasteiger partial charge in [-0.2, -0.15) is 0 Å². The van der Waals surface area contributed by atoms with Crippen molar-refractivity contribution in [3.05, 3.63) is 35.4 Å². The summed E-state index contributed by atoms with van der Waals surface area (Å²) in [7, 11) is 1.64. The van der Waals surface area contributed by atoms with Crippen LogP contribution in [0.4, 0.5) is 0 Å². The van der Waals surface area contributed by atoms with Crippen molar-refractivity contribution in [2.24, 2.45) is 10.4 Å². The highest BCUT2D eigenvalue weighted by atomic mass is 127. The molecule has 6 nitrogen and oxygen atoms in total. The quantitative estimate of drug-likeness (QED) is 0.401. The number of ether oxygens (including phenoxy) is 1. The summed E-state index contributed by atoms with van der Waals surface area (Å²) in [5.74, 6) is 0.909. The first-order chi connectivity index (χ1) is 12.2. The minimum absolute atomic E-state index is 0. The van der Waals surface area contributed by atoms with E-state index in [0.29, 0.717) is 17.5 Å². The van der Waals surface area contributed by atoms with Crippen molar-refractivity contribution in [3.8, 4) is 0 Å². The molecule has 0 saturated carbocycles. The summed E-state index contributed by atoms with van der Waals surface area (Å²) in [6, 6.07) is 7.62. The second-order valence-corrected chi connectivity index (χ2v) is 6.92. The highest BCUT2D eigenvalue weighted by Crippen LogP contribution is 2.38. The molecule has 1 unspecified atom stereocenters. The van der Waals surface area contributed by atoms with E-state index in [1.165, 1.54) is 6.42 Å². The lowest BCUT2D eigenvalue weighted by molar-refractivity contribution is 0.0963. The van der Waals surface area contributed by atoms with Crippen molar-refractivity contribution >= 4 is 35.8 Å². The van der Waals surface area contributed by atoms with Crippen molar-refractivity contribution in [2.75, 3.05) is 39.9 Å². The SMILES string of the molecule is CCNC(=NCc1ccc(C(=O)NC)cc1)N1CCC2(CCOC2)C1.I. The number of benzene rings is 1. The van der Waals surface area contributed by atoms with Gasteiger partial charge in [-0.1, -0.05) is 12.1 Å². The molecule has 1 aromatic rings. The maximum atomic E-state index is 11.6. The Morgan fingerprint density at radius 3 is 2.69 bits per heavy atom. The Labute approximate surface area is 172 Å². The highest BCUT2D eigenvalue weighted by Gasteiger charge is 2.42. The van der Waals surface area contributed by atoms with Gasteiger partial charge in [0, 0.05) is 44.3 Å². The number of likely N-dealkylation sites (tertiary alicyclic amines) is 1. The first-order valence-electron chi connectivity index (χ1n) is 9.08. The van der Waals surface area contributed by atoms with Crippen LogP contribution in [0.15, 0.2) is 29.3 Å². The Hall–Kier alpha value is -1.35. The topological polar surface area (TPSA) is 66.0 Å². The number of guanidine groups is 1. The number of carbonyl (C=O) groups is 1. The van der Waals surface area contributed by atoms with Gasteiger partial charge in [0.15, 0.2) is 5.96 Å². The van der Waals surface area contributed by atoms with E-state index >= 15 is 0 Å². The minimum atomic E-state index is -0.0652. The Kier molecular flexibility index (Phi) is 7.69. The monoisotopic (exact) mass is 472 g/mol. The van der Waals surface area contributed by atoms with E-state index in [1.807, 2.05) is 24.3 Å². The number of hydrogen-bond donors (Lipinski definition) is 2. The molecule has 2 aliphatic heterocycles. The van der Waals surface area contributed by atoms with Gasteiger partial charge < -0.3 is 20.3 Å². The van der Waals surface area contributed by atoms with Crippen molar-refractivity contribution in [2.45, 2.75) is 26.3 Å². The van der Waals surface area contributed by atoms with Gasteiger partial charge in [0.25, 0.3) is 5.91 Å². The molecule has 1 atom stereocenters. The largest absolute Gasteiger partial charge is 0.381 e. The molecule has 0 radical (unpaired) electrons. The lowest BCUT2D eigenvalue weighted by Gasteiger charge is -2.25. The van der Waals surface area contributed by atoms with E-state index in [9.17, 15) is 4.79 Å². The number of nitrogens with one attached hydrogen (secondary N) is 2. The van der Waals surface area contributed by atoms with Crippen LogP contribution in [-0.2, 0) is 11.3 Å². The van der Waals surface area contributed by atoms with Gasteiger partial charge in [-0.05, 0) is 37.5 Å². The summed E-state index contributed by atoms with van der Waals surface area (Å²) in [6.07, 6.45) is 2.34. The Balaban J connectivity index is 0.00000243. The summed E-state index contributed by atoms with van der Waals surface area (Å²) >= 11 is 0. The normalized spacial score (nSPS) is 22.4. The predicted molar refractivity (Wildman–Crippen MR) is 114 cm³/mol. The number of amides is 1. The molecule has 2 fully saturated rings. The molecule has 2 heterocycles. The Morgan fingerprint density at radius 2 is 2.08 bits per heavy atom. The molecule has 2 saturated heterocycles. The Bertz CT molecular complexity index is 627. The summed E-state index contributed by atoms with van der Waals surface area (Å²) in [5.41, 5.74) is 2.09. The summed E-state index contributed by atoms with van der Waals surface area (Å²) in [5, 5.41) is 6.05. The van der Waals surface area contributed by atoms with Gasteiger partial charge in [-0.3, -0.25) is 4.79 Å². The fourth-order valence-corrected chi connectivity index (χ4v) is 3.59. The molecule has 0 aliphatic carbocycles. The van der Waals surface area contributed by atoms with Gasteiger partial charge >= 0.3 is 0 Å². The number of nitrogens with zero attached hydrogens (tertiary/aromatic N) is 2. The summed E-state index contributed by atoms with van der Waals surface area (Å²) in [4.78, 5) is 18.8. The van der Waals surface area contributed by atoms with Crippen LogP contribution < -0.4 is 10.6 Å². The fraction of sp³-hybridized carbons (Fsp3) is 0.579. The zero-order chi connectivity index (χ0) is 17.7. The van der Waals surface area contributed by atoms with Crippen molar-refractivity contribution in [1.29, 1.82) is 0 Å². The molecule has 1 spiro atoms. The van der Waals surface area contributed by atoms with Gasteiger partial charge in [0.2, 0.25) is 0 Å². The first kappa shape index (κ1) is 21.0. The average molecular weight is 472 g/mol. The van der Waals surface area contributed by atoms with Crippen molar-refractivity contribution < 1.29 is 9.53 Å². The second-order valence-electron chi connectivity index (χ2n) is 6.92. The molecule has 2 N–H and O–H groups in total. The standard InChI is InChI=1S/C19H28N4O2.HI/c1-3-21-18(23-10-8-19(13-23)9-11-25-14-19)22-12-15-4-6-16(7-5-15)17(24)20-2;/h4-7H,3,8-14H2,1-2H3,(H,20,24)(H,21,22);1H. The third-order valence-electron chi connectivity index (χ3n) is 5.11. The van der Waals surface area contributed by atoms with Crippen LogP contribution in [0.3, 0.4) is 0 Å². The van der Waals surface area contributed by atoms with Crippen LogP contribution in [0.25, 0.3) is 0 Å². The van der Waals surface area contributed by atoms with Crippen LogP contribution in [0.2, 0.25) is 0 Å². The van der Waals surface area contributed by atoms with Crippen LogP contribution in [0, 0.1) is 5.41 Å². The maximum Gasteiger partial charge on any atom is 0.251 e. The molecule has 0 bridgehead atoms. The zero-order valence-electron chi connectivity index (χ0n) is 15.6. The number of hydrogen-bond acceptors (Lipinski definition) is 3. The molecular weight excluding hydrogens is 443 g/mol. The fourth-order valence-electron chi connectivity index (χ4n) is 3.59. The Morgan fingerprint density at radius 1 is 1.31 bits per heavy atom. The van der Waals surface area contributed by atoms with Gasteiger partial charge in [-0.15, -0.1) is 24.0 Å². The van der Waals surface area contributed by atoms with E-state index in [-0.39, 0.29) is 29.9 Å². The van der Waals surface area contributed by atoms with E-state index in [2.05, 4.69) is 22.5 Å². The van der Waals surface area contributed by atoms with E-state index in [1.54, 1.807) is 7.05 Å². The average Bonchev–Trinajstić information content (AvgIpc) is 3.28. The minimum Gasteiger partial charge on any atom is -0.381 e. The molecular formula is C19H29IN4O2. The molecule has 7 heteroatoms. The number of carbonyl (C=O) groups excluding carboxylic acids is 1. The third kappa shape index (κ3) is 4.88. The molecule has 1 amide bonds. The first-order valence-corrected chi connectivity index (χ1v) is 9.08. The molecule has 1 aromatic carbocycles. The molecule has 144 valence electrons. The van der Waals surface area contributed by atoms with E-state index < -0.39 is 0 Å². The molecule has 26 heavy (non-hydrogen) atoms. The summed E-state index contributed by atoms with van der Waals surface area (Å²) in [6.45, 7) is 7.38. The highest BCUT2D eigenvalue weighted by molar-refractivity contribution is 14.0. The van der Waals surface area contributed by atoms with Gasteiger partial charge in [-0.25, -0.2) is 4.99 Å². The van der Waals surface area contributed by atoms with Crippen LogP contribution in [0.1, 0.15) is 35.7 Å². The summed E-state index contributed by atoms with van der Waals surface area (Å²) < 4.78 is 5.62. The van der Waals surface area contributed by atoms with Crippen LogP contribution >= 0.6 is 24.0 Å². The van der Waals surface area contributed by atoms with Gasteiger partial charge in [0.05, 0.1) is 13.2 Å². The number of aliphatic imine (C=N–C) groups is 1. The lowest BCUT2D eigenvalue weighted by atomic mass is 9.87. The molecule has 0 aromatic heterocycles. The van der Waals surface area contributed by atoms with E-state index in [4.69, 9.17) is 9.73 Å². The maximum absolute atomic E-state index is 11.6.